The molecule has 1 N–H and O–H groups in total. The third kappa shape index (κ3) is 5.91. The zero-order valence-corrected chi connectivity index (χ0v) is 19.1. The van der Waals surface area contributed by atoms with Crippen molar-refractivity contribution in [1.82, 2.24) is 4.90 Å². The maximum atomic E-state index is 12.7. The Hall–Kier alpha value is -2.27. The molecule has 1 amide bonds. The first kappa shape index (κ1) is 21.9. The van der Waals surface area contributed by atoms with Gasteiger partial charge >= 0.3 is 0 Å². The van der Waals surface area contributed by atoms with E-state index in [-0.39, 0.29) is 5.91 Å². The smallest absolute Gasteiger partial charge is 0.232 e. The zero-order valence-electron chi connectivity index (χ0n) is 17.5. The first-order valence-electron chi connectivity index (χ1n) is 10.7. The van der Waals surface area contributed by atoms with Gasteiger partial charge in [0.2, 0.25) is 5.91 Å². The van der Waals surface area contributed by atoms with Crippen LogP contribution in [0.4, 0.5) is 0 Å². The van der Waals surface area contributed by atoms with E-state index in [2.05, 4.69) is 60.7 Å². The monoisotopic (exact) mass is 451 g/mol. The van der Waals surface area contributed by atoms with Crippen molar-refractivity contribution in [3.05, 3.63) is 107 Å². The van der Waals surface area contributed by atoms with Gasteiger partial charge in [-0.1, -0.05) is 84.4 Å². The number of nitrogens with one attached hydrogen (secondary N) is 1. The fourth-order valence-corrected chi connectivity index (χ4v) is 5.23. The van der Waals surface area contributed by atoms with Gasteiger partial charge in [0.05, 0.1) is 31.9 Å². The van der Waals surface area contributed by atoms with E-state index < -0.39 is 0 Å². The predicted octanol–water partition coefficient (Wildman–Crippen LogP) is 4.09. The molecule has 0 saturated carbocycles. The second-order valence-corrected chi connectivity index (χ2v) is 9.33. The van der Waals surface area contributed by atoms with Gasteiger partial charge in [0, 0.05) is 21.9 Å². The van der Waals surface area contributed by atoms with Crippen molar-refractivity contribution >= 4 is 29.3 Å². The standard InChI is InChI=1S/C26H27ClN2OS/c27-24-13-11-21(12-14-24)19-31-20-25(30)28-15-17-29(18-16-28)26(22-7-3-1-4-8-22)23-9-5-2-6-10-23/h1-14,26H,15-20H2/p+1. The van der Waals surface area contributed by atoms with Gasteiger partial charge in [0.1, 0.15) is 6.04 Å². The number of rotatable bonds is 7. The molecule has 1 fully saturated rings. The lowest BCUT2D eigenvalue weighted by molar-refractivity contribution is -0.929. The summed E-state index contributed by atoms with van der Waals surface area (Å²) in [7, 11) is 0. The van der Waals surface area contributed by atoms with E-state index in [1.807, 2.05) is 29.2 Å². The number of nitrogens with zero attached hydrogens (tertiary/aromatic N) is 1. The molecule has 1 saturated heterocycles. The van der Waals surface area contributed by atoms with E-state index in [1.165, 1.54) is 21.6 Å². The maximum Gasteiger partial charge on any atom is 0.232 e. The summed E-state index contributed by atoms with van der Waals surface area (Å²) < 4.78 is 0. The minimum Gasteiger partial charge on any atom is -0.331 e. The van der Waals surface area contributed by atoms with Crippen molar-refractivity contribution in [2.75, 3.05) is 31.9 Å². The third-order valence-electron chi connectivity index (χ3n) is 5.84. The summed E-state index contributed by atoms with van der Waals surface area (Å²) in [6, 6.07) is 29.6. The van der Waals surface area contributed by atoms with Crippen LogP contribution in [-0.2, 0) is 10.5 Å². The van der Waals surface area contributed by atoms with Gasteiger partial charge in [0.25, 0.3) is 0 Å². The number of carbonyl (C=O) groups is 1. The molecule has 0 aromatic heterocycles. The molecule has 3 aromatic carbocycles. The SMILES string of the molecule is O=C(CSCc1ccc(Cl)cc1)N1CC[NH+](C(c2ccccc2)c2ccccc2)CC1. The van der Waals surface area contributed by atoms with Gasteiger partial charge in [-0.05, 0) is 17.7 Å². The van der Waals surface area contributed by atoms with Gasteiger partial charge in [0.15, 0.2) is 0 Å². The van der Waals surface area contributed by atoms with E-state index in [4.69, 9.17) is 11.6 Å². The number of hydrogen-bond acceptors (Lipinski definition) is 2. The fraction of sp³-hybridized carbons (Fsp3) is 0.269. The molecule has 160 valence electrons. The van der Waals surface area contributed by atoms with E-state index in [1.54, 1.807) is 11.8 Å². The van der Waals surface area contributed by atoms with Gasteiger partial charge in [-0.2, -0.15) is 0 Å². The Morgan fingerprint density at radius 1 is 0.871 bits per heavy atom. The number of quaternary nitrogens is 1. The predicted molar refractivity (Wildman–Crippen MR) is 130 cm³/mol. The van der Waals surface area contributed by atoms with Crippen molar-refractivity contribution in [3.8, 4) is 0 Å². The molecule has 1 heterocycles. The average molecular weight is 452 g/mol. The maximum absolute atomic E-state index is 12.7. The zero-order chi connectivity index (χ0) is 21.5. The first-order valence-corrected chi connectivity index (χ1v) is 12.3. The van der Waals surface area contributed by atoms with Gasteiger partial charge in [-0.25, -0.2) is 0 Å². The van der Waals surface area contributed by atoms with E-state index in [9.17, 15) is 4.79 Å². The number of thioether (sulfide) groups is 1. The number of piperazine rings is 1. The van der Waals surface area contributed by atoms with Gasteiger partial charge in [-0.15, -0.1) is 11.8 Å². The summed E-state index contributed by atoms with van der Waals surface area (Å²) in [5.41, 5.74) is 3.87. The lowest BCUT2D eigenvalue weighted by atomic mass is 9.96. The Labute approximate surface area is 194 Å². The highest BCUT2D eigenvalue weighted by molar-refractivity contribution is 7.99. The highest BCUT2D eigenvalue weighted by Gasteiger charge is 2.31. The minimum absolute atomic E-state index is 0.244. The number of hydrogen-bond donors (Lipinski definition) is 1. The molecule has 3 nitrogen and oxygen atoms in total. The third-order valence-corrected chi connectivity index (χ3v) is 7.08. The van der Waals surface area contributed by atoms with Crippen LogP contribution < -0.4 is 4.90 Å². The highest BCUT2D eigenvalue weighted by atomic mass is 35.5. The minimum atomic E-state index is 0.244. The van der Waals surface area contributed by atoms with Crippen LogP contribution in [0.2, 0.25) is 5.02 Å². The summed E-state index contributed by atoms with van der Waals surface area (Å²) in [5.74, 6) is 1.60. The molecule has 0 spiro atoms. The van der Waals surface area contributed by atoms with Crippen LogP contribution in [0.1, 0.15) is 22.7 Å². The quantitative estimate of drug-likeness (QED) is 0.585. The number of benzene rings is 3. The van der Waals surface area contributed by atoms with Crippen molar-refractivity contribution in [3.63, 3.8) is 0 Å². The molecule has 31 heavy (non-hydrogen) atoms. The largest absolute Gasteiger partial charge is 0.331 e. The van der Waals surface area contributed by atoms with E-state index in [0.29, 0.717) is 11.8 Å². The molecule has 4 rings (SSSR count). The second kappa shape index (κ2) is 10.9. The van der Waals surface area contributed by atoms with Crippen LogP contribution in [0.15, 0.2) is 84.9 Å². The molecule has 1 aliphatic rings. The van der Waals surface area contributed by atoms with Crippen LogP contribution in [0.25, 0.3) is 0 Å². The second-order valence-electron chi connectivity index (χ2n) is 7.91. The normalized spacial score (nSPS) is 14.7. The molecule has 0 bridgehead atoms. The van der Waals surface area contributed by atoms with Gasteiger partial charge < -0.3 is 9.80 Å². The molecule has 3 aromatic rings. The first-order chi connectivity index (χ1) is 15.2. The van der Waals surface area contributed by atoms with Crippen LogP contribution in [0.3, 0.4) is 0 Å². The van der Waals surface area contributed by atoms with Crippen molar-refractivity contribution in [2.24, 2.45) is 0 Å². The summed E-state index contributed by atoms with van der Waals surface area (Å²) >= 11 is 7.61. The number of carbonyl (C=O) groups excluding carboxylic acids is 1. The van der Waals surface area contributed by atoms with Crippen LogP contribution >= 0.6 is 23.4 Å². The Balaban J connectivity index is 1.33. The average Bonchev–Trinajstić information content (AvgIpc) is 2.82. The van der Waals surface area contributed by atoms with Crippen LogP contribution in [0, 0.1) is 0 Å². The van der Waals surface area contributed by atoms with Crippen LogP contribution in [-0.4, -0.2) is 42.7 Å². The van der Waals surface area contributed by atoms with E-state index in [0.717, 1.165) is 37.0 Å². The molecule has 0 radical (unpaired) electrons. The molecule has 0 aliphatic carbocycles. The number of halogens is 1. The molecular weight excluding hydrogens is 424 g/mol. The lowest BCUT2D eigenvalue weighted by Crippen LogP contribution is -3.15. The van der Waals surface area contributed by atoms with Crippen molar-refractivity contribution in [1.29, 1.82) is 0 Å². The molecule has 0 unspecified atom stereocenters. The summed E-state index contributed by atoms with van der Waals surface area (Å²) in [6.07, 6.45) is 0. The van der Waals surface area contributed by atoms with E-state index >= 15 is 0 Å². The molecule has 1 aliphatic heterocycles. The molecule has 0 atom stereocenters. The van der Waals surface area contributed by atoms with Gasteiger partial charge in [-0.3, -0.25) is 4.79 Å². The Bertz CT molecular complexity index is 918. The topological polar surface area (TPSA) is 24.8 Å². The lowest BCUT2D eigenvalue weighted by Gasteiger charge is -2.37. The van der Waals surface area contributed by atoms with Crippen molar-refractivity contribution in [2.45, 2.75) is 11.8 Å². The fourth-order valence-electron chi connectivity index (χ4n) is 4.21. The number of amides is 1. The Morgan fingerprint density at radius 2 is 1.42 bits per heavy atom. The van der Waals surface area contributed by atoms with Crippen molar-refractivity contribution < 1.29 is 9.69 Å². The summed E-state index contributed by atoms with van der Waals surface area (Å²) in [6.45, 7) is 3.54. The molecular formula is C26H28ClN2OS+. The molecule has 5 heteroatoms. The highest BCUT2D eigenvalue weighted by Crippen LogP contribution is 2.20. The summed E-state index contributed by atoms with van der Waals surface area (Å²) in [4.78, 5) is 16.3. The van der Waals surface area contributed by atoms with Crippen LogP contribution in [0.5, 0.6) is 0 Å². The Kier molecular flexibility index (Phi) is 7.68. The summed E-state index contributed by atoms with van der Waals surface area (Å²) in [5, 5.41) is 0.745. The Morgan fingerprint density at radius 3 is 1.97 bits per heavy atom.